The van der Waals surface area contributed by atoms with Crippen molar-refractivity contribution in [2.24, 2.45) is 11.7 Å². The molecule has 0 aliphatic heterocycles. The molecule has 2 unspecified atom stereocenters. The number of nitrogens with zero attached hydrogens (tertiary/aromatic N) is 3. The van der Waals surface area contributed by atoms with E-state index in [2.05, 4.69) is 15.6 Å². The molecule has 0 spiro atoms. The number of hydrogen-bond acceptors (Lipinski definition) is 4. The lowest BCUT2D eigenvalue weighted by Crippen LogP contribution is -2.39. The van der Waals surface area contributed by atoms with E-state index in [1.807, 2.05) is 13.8 Å². The zero-order chi connectivity index (χ0) is 12.0. The number of aromatic nitrogens is 3. The summed E-state index contributed by atoms with van der Waals surface area (Å²) >= 11 is 0. The lowest BCUT2D eigenvalue weighted by molar-refractivity contribution is -0.124. The molecule has 0 aliphatic rings. The molecular formula is C10H19N5O. The molecular weight excluding hydrogens is 206 g/mol. The van der Waals surface area contributed by atoms with Crippen molar-refractivity contribution in [2.75, 3.05) is 6.54 Å². The fourth-order valence-electron chi connectivity index (χ4n) is 1.20. The third-order valence-electron chi connectivity index (χ3n) is 2.54. The topological polar surface area (TPSA) is 85.8 Å². The molecule has 6 heteroatoms. The van der Waals surface area contributed by atoms with Crippen molar-refractivity contribution in [3.8, 4) is 0 Å². The standard InChI is InChI=1S/C10H19N5O/c1-8(9(2)11)10(16)12-4-3-6-15-7-5-13-14-15/h5,7-9H,3-4,6,11H2,1-2H3,(H,12,16). The van der Waals surface area contributed by atoms with Crippen LogP contribution in [0.2, 0.25) is 0 Å². The van der Waals surface area contributed by atoms with E-state index in [4.69, 9.17) is 5.73 Å². The van der Waals surface area contributed by atoms with Crippen LogP contribution < -0.4 is 11.1 Å². The van der Waals surface area contributed by atoms with Gasteiger partial charge < -0.3 is 11.1 Å². The molecule has 0 fully saturated rings. The Morgan fingerprint density at radius 2 is 2.31 bits per heavy atom. The summed E-state index contributed by atoms with van der Waals surface area (Å²) in [6.45, 7) is 5.06. The fraction of sp³-hybridized carbons (Fsp3) is 0.700. The van der Waals surface area contributed by atoms with Crippen molar-refractivity contribution >= 4 is 5.91 Å². The molecule has 0 bridgehead atoms. The van der Waals surface area contributed by atoms with Crippen LogP contribution in [0.3, 0.4) is 0 Å². The van der Waals surface area contributed by atoms with Gasteiger partial charge in [0.2, 0.25) is 5.91 Å². The molecule has 6 nitrogen and oxygen atoms in total. The maximum absolute atomic E-state index is 11.5. The van der Waals surface area contributed by atoms with Crippen LogP contribution in [-0.4, -0.2) is 33.5 Å². The number of nitrogens with one attached hydrogen (secondary N) is 1. The van der Waals surface area contributed by atoms with Gasteiger partial charge in [0.05, 0.1) is 6.20 Å². The van der Waals surface area contributed by atoms with Gasteiger partial charge >= 0.3 is 0 Å². The monoisotopic (exact) mass is 225 g/mol. The molecule has 0 aromatic carbocycles. The molecule has 16 heavy (non-hydrogen) atoms. The van der Waals surface area contributed by atoms with Crippen molar-refractivity contribution < 1.29 is 4.79 Å². The average molecular weight is 225 g/mol. The minimum Gasteiger partial charge on any atom is -0.356 e. The number of nitrogens with two attached hydrogens (primary N) is 1. The molecule has 90 valence electrons. The fourth-order valence-corrected chi connectivity index (χ4v) is 1.20. The summed E-state index contributed by atoms with van der Waals surface area (Å²) in [6, 6.07) is -0.115. The van der Waals surface area contributed by atoms with Crippen LogP contribution >= 0.6 is 0 Å². The Kier molecular flexibility index (Phi) is 4.91. The van der Waals surface area contributed by atoms with Gasteiger partial charge in [-0.1, -0.05) is 12.1 Å². The second-order valence-corrected chi connectivity index (χ2v) is 3.96. The molecule has 0 aliphatic carbocycles. The van der Waals surface area contributed by atoms with Crippen LogP contribution in [0, 0.1) is 5.92 Å². The lowest BCUT2D eigenvalue weighted by atomic mass is 10.0. The van der Waals surface area contributed by atoms with Crippen LogP contribution in [0.4, 0.5) is 0 Å². The molecule has 1 heterocycles. The molecule has 3 N–H and O–H groups in total. The number of carbonyl (C=O) groups excluding carboxylic acids is 1. The normalized spacial score (nSPS) is 14.4. The van der Waals surface area contributed by atoms with Gasteiger partial charge in [-0.15, -0.1) is 5.10 Å². The number of amides is 1. The van der Waals surface area contributed by atoms with Crippen LogP contribution in [0.25, 0.3) is 0 Å². The molecule has 1 aromatic heterocycles. The van der Waals surface area contributed by atoms with Gasteiger partial charge in [-0.25, -0.2) is 0 Å². The van der Waals surface area contributed by atoms with E-state index in [9.17, 15) is 4.79 Å². The summed E-state index contributed by atoms with van der Waals surface area (Å²) in [6.07, 6.45) is 4.27. The van der Waals surface area contributed by atoms with Crippen molar-refractivity contribution in [2.45, 2.75) is 32.9 Å². The minimum absolute atomic E-state index is 0.00795. The predicted molar refractivity (Wildman–Crippen MR) is 60.5 cm³/mol. The summed E-state index contributed by atoms with van der Waals surface area (Å²) in [7, 11) is 0. The van der Waals surface area contributed by atoms with Gasteiger partial charge in [-0.3, -0.25) is 9.48 Å². The third kappa shape index (κ3) is 3.98. The predicted octanol–water partition coefficient (Wildman–Crippen LogP) is -0.232. The van der Waals surface area contributed by atoms with E-state index in [0.29, 0.717) is 6.54 Å². The van der Waals surface area contributed by atoms with Gasteiger partial charge in [0.25, 0.3) is 0 Å². The number of rotatable bonds is 6. The Labute approximate surface area is 95.2 Å². The molecule has 2 atom stereocenters. The lowest BCUT2D eigenvalue weighted by Gasteiger charge is -2.15. The first-order chi connectivity index (χ1) is 7.61. The van der Waals surface area contributed by atoms with Gasteiger partial charge in [0, 0.05) is 31.2 Å². The quantitative estimate of drug-likeness (QED) is 0.655. The van der Waals surface area contributed by atoms with E-state index < -0.39 is 0 Å². The SMILES string of the molecule is CC(N)C(C)C(=O)NCCCn1ccnn1. The highest BCUT2D eigenvalue weighted by Gasteiger charge is 2.15. The number of aryl methyl sites for hydroxylation is 1. The summed E-state index contributed by atoms with van der Waals surface area (Å²) in [5, 5.41) is 10.4. The van der Waals surface area contributed by atoms with Gasteiger partial charge in [-0.05, 0) is 13.3 Å². The Morgan fingerprint density at radius 3 is 2.88 bits per heavy atom. The minimum atomic E-state index is -0.147. The molecule has 0 radical (unpaired) electrons. The summed E-state index contributed by atoms with van der Waals surface area (Å²) < 4.78 is 1.74. The van der Waals surface area contributed by atoms with Crippen molar-refractivity contribution in [1.82, 2.24) is 20.3 Å². The highest BCUT2D eigenvalue weighted by Crippen LogP contribution is 1.99. The van der Waals surface area contributed by atoms with Crippen LogP contribution in [0.1, 0.15) is 20.3 Å². The van der Waals surface area contributed by atoms with Crippen LogP contribution in [0.15, 0.2) is 12.4 Å². The summed E-state index contributed by atoms with van der Waals surface area (Å²) in [4.78, 5) is 11.5. The Morgan fingerprint density at radius 1 is 1.56 bits per heavy atom. The summed E-state index contributed by atoms with van der Waals surface area (Å²) in [5.41, 5.74) is 5.64. The van der Waals surface area contributed by atoms with Crippen molar-refractivity contribution in [1.29, 1.82) is 0 Å². The second-order valence-electron chi connectivity index (χ2n) is 3.96. The Balaban J connectivity index is 2.13. The molecule has 1 aromatic rings. The van der Waals surface area contributed by atoms with Gasteiger partial charge in [-0.2, -0.15) is 0 Å². The second kappa shape index (κ2) is 6.22. The average Bonchev–Trinajstić information content (AvgIpc) is 2.75. The number of hydrogen-bond donors (Lipinski definition) is 2. The molecule has 0 saturated carbocycles. The first-order valence-corrected chi connectivity index (χ1v) is 5.48. The third-order valence-corrected chi connectivity index (χ3v) is 2.54. The Bertz CT molecular complexity index is 309. The van der Waals surface area contributed by atoms with Gasteiger partial charge in [0.1, 0.15) is 0 Å². The van der Waals surface area contributed by atoms with E-state index in [-0.39, 0.29) is 17.9 Å². The maximum atomic E-state index is 11.5. The van der Waals surface area contributed by atoms with Crippen molar-refractivity contribution in [3.63, 3.8) is 0 Å². The van der Waals surface area contributed by atoms with E-state index >= 15 is 0 Å². The zero-order valence-corrected chi connectivity index (χ0v) is 9.76. The van der Waals surface area contributed by atoms with E-state index in [1.165, 1.54) is 0 Å². The Hall–Kier alpha value is -1.43. The number of carbonyl (C=O) groups is 1. The zero-order valence-electron chi connectivity index (χ0n) is 9.76. The highest BCUT2D eigenvalue weighted by atomic mass is 16.1. The summed E-state index contributed by atoms with van der Waals surface area (Å²) in [5.74, 6) is -0.139. The van der Waals surface area contributed by atoms with E-state index in [0.717, 1.165) is 13.0 Å². The maximum Gasteiger partial charge on any atom is 0.224 e. The van der Waals surface area contributed by atoms with Crippen molar-refractivity contribution in [3.05, 3.63) is 12.4 Å². The first kappa shape index (κ1) is 12.6. The molecule has 1 amide bonds. The molecule has 1 rings (SSSR count). The highest BCUT2D eigenvalue weighted by molar-refractivity contribution is 5.78. The smallest absolute Gasteiger partial charge is 0.224 e. The largest absolute Gasteiger partial charge is 0.356 e. The van der Waals surface area contributed by atoms with E-state index in [1.54, 1.807) is 17.1 Å². The van der Waals surface area contributed by atoms with Crippen LogP contribution in [-0.2, 0) is 11.3 Å². The first-order valence-electron chi connectivity index (χ1n) is 5.48. The van der Waals surface area contributed by atoms with Crippen LogP contribution in [0.5, 0.6) is 0 Å². The van der Waals surface area contributed by atoms with Gasteiger partial charge in [0.15, 0.2) is 0 Å². The molecule has 0 saturated heterocycles.